The van der Waals surface area contributed by atoms with Crippen LogP contribution in [-0.4, -0.2) is 47.1 Å². The molecule has 3 heterocycles. The molecule has 3 atom stereocenters. The lowest BCUT2D eigenvalue weighted by atomic mass is 9.93. The Bertz CT molecular complexity index is 2450. The standard InChI is InChI=1S/C40H38ClF6N7O3/c1-7-29(55)50-38-32-27(41)11-10-26(35(32)53(6)52-38)25-9-8-24(12-13-39(4,5)57)48-33(25)28(16-21-14-22(42)17-23(43)15-21)49-30(56)18-54-36-31(34(51-54)37(44)45)19(2)20(3)40(36,46)47/h8-11,14-15,17,19-20,28,37,57H,7,16,18H2,1-6H3,(H,49,56)(H,50,52,55)/t19-,20+,28-/m0/s1. The van der Waals surface area contributed by atoms with Gasteiger partial charge in [0, 0.05) is 42.1 Å². The Hall–Kier alpha value is -5.40. The molecule has 0 radical (unpaired) electrons. The quantitative estimate of drug-likeness (QED) is 0.0967. The molecule has 0 saturated heterocycles. The molecule has 0 aliphatic heterocycles. The van der Waals surface area contributed by atoms with Gasteiger partial charge in [0.1, 0.15) is 40.9 Å². The van der Waals surface area contributed by atoms with E-state index in [2.05, 4.69) is 32.7 Å². The summed E-state index contributed by atoms with van der Waals surface area (Å²) in [7, 11) is 1.61. The number of carbonyl (C=O) groups is 2. The number of aromatic nitrogens is 5. The Morgan fingerprint density at radius 1 is 1.02 bits per heavy atom. The van der Waals surface area contributed by atoms with Crippen LogP contribution in [-0.2, 0) is 35.5 Å². The number of pyridine rings is 1. The van der Waals surface area contributed by atoms with Crippen molar-refractivity contribution < 1.29 is 41.0 Å². The van der Waals surface area contributed by atoms with Crippen molar-refractivity contribution in [2.24, 2.45) is 13.0 Å². The topological polar surface area (TPSA) is 127 Å². The molecule has 10 nitrogen and oxygen atoms in total. The molecule has 0 saturated carbocycles. The van der Waals surface area contributed by atoms with Crippen LogP contribution >= 0.6 is 11.6 Å². The number of halogens is 7. The highest BCUT2D eigenvalue weighted by atomic mass is 35.5. The molecule has 0 fully saturated rings. The van der Waals surface area contributed by atoms with Crippen LogP contribution < -0.4 is 10.6 Å². The van der Waals surface area contributed by atoms with Crippen LogP contribution in [0.4, 0.5) is 32.2 Å². The summed E-state index contributed by atoms with van der Waals surface area (Å²) in [6.45, 7) is 6.28. The summed E-state index contributed by atoms with van der Waals surface area (Å²) in [5.74, 6) is -3.43. The maximum Gasteiger partial charge on any atom is 0.292 e. The minimum absolute atomic E-state index is 0.0685. The van der Waals surface area contributed by atoms with Gasteiger partial charge >= 0.3 is 0 Å². The number of nitrogens with one attached hydrogen (secondary N) is 2. The highest BCUT2D eigenvalue weighted by Crippen LogP contribution is 2.54. The number of rotatable bonds is 10. The van der Waals surface area contributed by atoms with E-state index in [9.17, 15) is 32.3 Å². The number of amides is 2. The second kappa shape index (κ2) is 15.5. The summed E-state index contributed by atoms with van der Waals surface area (Å²) in [6.07, 6.45) is -3.35. The van der Waals surface area contributed by atoms with Crippen LogP contribution in [0.1, 0.15) is 93.3 Å². The summed E-state index contributed by atoms with van der Waals surface area (Å²) in [6, 6.07) is 7.82. The van der Waals surface area contributed by atoms with Crippen LogP contribution in [0.2, 0.25) is 5.02 Å². The van der Waals surface area contributed by atoms with Crippen LogP contribution in [0.3, 0.4) is 0 Å². The number of aliphatic hydroxyl groups is 1. The predicted octanol–water partition coefficient (Wildman–Crippen LogP) is 8.12. The number of alkyl halides is 4. The minimum Gasteiger partial charge on any atom is -0.378 e. The Balaban J connectivity index is 1.53. The zero-order valence-electron chi connectivity index (χ0n) is 31.6. The van der Waals surface area contributed by atoms with Crippen LogP contribution in [0.15, 0.2) is 42.5 Å². The Morgan fingerprint density at radius 2 is 1.68 bits per heavy atom. The number of carbonyl (C=O) groups excluding carboxylic acids is 2. The molecule has 5 aromatic rings. The normalized spacial score (nSPS) is 16.7. The van der Waals surface area contributed by atoms with Crippen molar-refractivity contribution in [2.75, 3.05) is 5.32 Å². The first-order valence-corrected chi connectivity index (χ1v) is 18.3. The number of fused-ring (bicyclic) bond motifs is 2. The second-order valence-electron chi connectivity index (χ2n) is 14.5. The molecular weight excluding hydrogens is 776 g/mol. The molecule has 1 aliphatic rings. The molecule has 0 unspecified atom stereocenters. The molecule has 17 heteroatoms. The van der Waals surface area contributed by atoms with Gasteiger partial charge in [-0.3, -0.25) is 19.0 Å². The van der Waals surface area contributed by atoms with Gasteiger partial charge in [-0.15, -0.1) is 0 Å². The van der Waals surface area contributed by atoms with Crippen molar-refractivity contribution >= 4 is 40.1 Å². The first-order chi connectivity index (χ1) is 26.7. The summed E-state index contributed by atoms with van der Waals surface area (Å²) < 4.78 is 90.7. The Labute approximate surface area is 328 Å². The van der Waals surface area contributed by atoms with E-state index >= 15 is 8.78 Å². The van der Waals surface area contributed by atoms with Crippen LogP contribution in [0.5, 0.6) is 0 Å². The molecule has 3 aromatic heterocycles. The predicted molar refractivity (Wildman–Crippen MR) is 201 cm³/mol. The molecule has 3 N–H and O–H groups in total. The fourth-order valence-electron chi connectivity index (χ4n) is 7.06. The molecule has 6 rings (SSSR count). The van der Waals surface area contributed by atoms with Crippen LogP contribution in [0, 0.1) is 29.4 Å². The largest absolute Gasteiger partial charge is 0.378 e. The first-order valence-electron chi connectivity index (χ1n) is 17.9. The summed E-state index contributed by atoms with van der Waals surface area (Å²) >= 11 is 6.66. The number of anilines is 1. The lowest BCUT2D eigenvalue weighted by molar-refractivity contribution is -0.123. The van der Waals surface area contributed by atoms with Crippen molar-refractivity contribution in [3.8, 4) is 23.0 Å². The summed E-state index contributed by atoms with van der Waals surface area (Å²) in [4.78, 5) is 31.2. The van der Waals surface area contributed by atoms with Gasteiger partial charge in [0.2, 0.25) is 11.8 Å². The lowest BCUT2D eigenvalue weighted by Gasteiger charge is -2.23. The maximum atomic E-state index is 15.6. The van der Waals surface area contributed by atoms with Gasteiger partial charge in [0.05, 0.1) is 27.7 Å². The van der Waals surface area contributed by atoms with Gasteiger partial charge in [0.25, 0.3) is 12.3 Å². The number of aryl methyl sites for hydroxylation is 1. The van der Waals surface area contributed by atoms with Gasteiger partial charge in [-0.05, 0) is 68.0 Å². The van der Waals surface area contributed by atoms with E-state index in [4.69, 9.17) is 16.6 Å². The number of hydrogen-bond acceptors (Lipinski definition) is 6. The molecule has 2 amide bonds. The van der Waals surface area contributed by atoms with E-state index in [-0.39, 0.29) is 52.1 Å². The SMILES string of the molecule is CCC(=O)Nc1nn(C)c2c(-c3ccc(C#CC(C)(C)O)nc3[C@H](Cc3cc(F)cc(F)c3)NC(=O)Cn3nc(C(F)F)c4c3C(F)(F)[C@H](C)[C@@H]4C)ccc(Cl)c12. The molecule has 0 spiro atoms. The fourth-order valence-corrected chi connectivity index (χ4v) is 7.31. The van der Waals surface area contributed by atoms with Gasteiger partial charge < -0.3 is 15.7 Å². The molecule has 0 bridgehead atoms. The van der Waals surface area contributed by atoms with Gasteiger partial charge in [-0.25, -0.2) is 22.5 Å². The summed E-state index contributed by atoms with van der Waals surface area (Å²) in [5.41, 5.74) is -1.95. The molecule has 2 aromatic carbocycles. The molecule has 300 valence electrons. The fraction of sp³-hybridized carbons (Fsp3) is 0.375. The monoisotopic (exact) mass is 813 g/mol. The minimum atomic E-state index is -3.59. The third-order valence-corrected chi connectivity index (χ3v) is 10.2. The average Bonchev–Trinajstić information content (AvgIpc) is 3.72. The maximum absolute atomic E-state index is 15.6. The molecule has 57 heavy (non-hydrogen) atoms. The average molecular weight is 814 g/mol. The van der Waals surface area contributed by atoms with Crippen LogP contribution in [0.25, 0.3) is 22.0 Å². The molecule has 1 aliphatic carbocycles. The van der Waals surface area contributed by atoms with E-state index in [1.165, 1.54) is 38.4 Å². The third kappa shape index (κ3) is 8.22. The smallest absolute Gasteiger partial charge is 0.292 e. The van der Waals surface area contributed by atoms with E-state index in [0.717, 1.165) is 12.1 Å². The van der Waals surface area contributed by atoms with Crippen molar-refractivity contribution in [3.05, 3.63) is 93.0 Å². The number of benzene rings is 2. The van der Waals surface area contributed by atoms with E-state index < -0.39 is 71.3 Å². The van der Waals surface area contributed by atoms with Gasteiger partial charge in [-0.1, -0.05) is 44.4 Å². The highest BCUT2D eigenvalue weighted by Gasteiger charge is 2.55. The third-order valence-electron chi connectivity index (χ3n) is 9.87. The summed E-state index contributed by atoms with van der Waals surface area (Å²) in [5, 5.41) is 24.6. The van der Waals surface area contributed by atoms with Crippen molar-refractivity contribution in [1.29, 1.82) is 0 Å². The van der Waals surface area contributed by atoms with E-state index in [0.29, 0.717) is 32.8 Å². The lowest BCUT2D eigenvalue weighted by Crippen LogP contribution is -2.35. The van der Waals surface area contributed by atoms with Gasteiger partial charge in [0.15, 0.2) is 5.82 Å². The van der Waals surface area contributed by atoms with Crippen molar-refractivity contribution in [2.45, 2.75) is 83.9 Å². The highest BCUT2D eigenvalue weighted by molar-refractivity contribution is 6.37. The zero-order valence-corrected chi connectivity index (χ0v) is 32.4. The first kappa shape index (κ1) is 41.2. The number of nitrogens with zero attached hydrogens (tertiary/aromatic N) is 5. The second-order valence-corrected chi connectivity index (χ2v) is 14.9. The Kier molecular flexibility index (Phi) is 11.2. The van der Waals surface area contributed by atoms with E-state index in [1.54, 1.807) is 32.2 Å². The Morgan fingerprint density at radius 3 is 2.32 bits per heavy atom. The zero-order chi connectivity index (χ0) is 41.7. The number of hydrogen-bond donors (Lipinski definition) is 3. The van der Waals surface area contributed by atoms with Crippen molar-refractivity contribution in [3.63, 3.8) is 0 Å². The molecular formula is C40H38ClF6N7O3. The van der Waals surface area contributed by atoms with Crippen molar-refractivity contribution in [1.82, 2.24) is 29.9 Å². The van der Waals surface area contributed by atoms with E-state index in [1.807, 2.05) is 0 Å². The van der Waals surface area contributed by atoms with Gasteiger partial charge in [-0.2, -0.15) is 19.0 Å².